The quantitative estimate of drug-likeness (QED) is 0.499. The summed E-state index contributed by atoms with van der Waals surface area (Å²) < 4.78 is 0. The van der Waals surface area contributed by atoms with E-state index in [-0.39, 0.29) is 5.41 Å². The first-order valence-corrected chi connectivity index (χ1v) is 12.5. The topological polar surface area (TPSA) is 0 Å². The third-order valence-corrected chi connectivity index (χ3v) is 9.74. The molecule has 0 amide bonds. The Kier molecular flexibility index (Phi) is 4.58. The van der Waals surface area contributed by atoms with Gasteiger partial charge in [0.05, 0.1) is 0 Å². The van der Waals surface area contributed by atoms with Crippen LogP contribution < -0.4 is 0 Å². The number of fused-ring (bicyclic) bond motifs is 5. The molecule has 2 aromatic rings. The van der Waals surface area contributed by atoms with Gasteiger partial charge in [0, 0.05) is 5.41 Å². The molecule has 29 heavy (non-hydrogen) atoms. The van der Waals surface area contributed by atoms with Crippen LogP contribution in [0.1, 0.15) is 75.3 Å². The van der Waals surface area contributed by atoms with Crippen LogP contribution in [0.3, 0.4) is 0 Å². The lowest BCUT2D eigenvalue weighted by atomic mass is 9.52. The summed E-state index contributed by atoms with van der Waals surface area (Å²) in [6, 6.07) is 23.7. The fourth-order valence-corrected chi connectivity index (χ4v) is 9.02. The molecule has 0 aliphatic heterocycles. The summed E-state index contributed by atoms with van der Waals surface area (Å²) in [5.74, 6) is 5.57. The molecule has 0 heterocycles. The molecule has 0 saturated heterocycles. The van der Waals surface area contributed by atoms with Crippen LogP contribution in [0.4, 0.5) is 0 Å². The summed E-state index contributed by atoms with van der Waals surface area (Å²) in [4.78, 5) is 0. The first-order chi connectivity index (χ1) is 14.4. The maximum absolute atomic E-state index is 2.49. The molecule has 2 aromatic carbocycles. The molecular formula is C29H36. The molecule has 4 fully saturated rings. The van der Waals surface area contributed by atoms with E-state index in [4.69, 9.17) is 0 Å². The van der Waals surface area contributed by atoms with E-state index in [2.05, 4.69) is 60.7 Å². The Morgan fingerprint density at radius 2 is 1.10 bits per heavy atom. The van der Waals surface area contributed by atoms with Crippen molar-refractivity contribution in [2.75, 3.05) is 0 Å². The highest BCUT2D eigenvalue weighted by Gasteiger charge is 2.64. The van der Waals surface area contributed by atoms with Crippen LogP contribution in [0, 0.1) is 35.5 Å². The zero-order chi connectivity index (χ0) is 19.3. The van der Waals surface area contributed by atoms with Gasteiger partial charge in [-0.2, -0.15) is 0 Å². The lowest BCUT2D eigenvalue weighted by Gasteiger charge is -2.51. The predicted molar refractivity (Wildman–Crippen MR) is 121 cm³/mol. The van der Waals surface area contributed by atoms with Crippen molar-refractivity contribution < 1.29 is 0 Å². The van der Waals surface area contributed by atoms with Crippen molar-refractivity contribution in [2.24, 2.45) is 35.5 Å². The second-order valence-electron chi connectivity index (χ2n) is 10.6. The predicted octanol–water partition coefficient (Wildman–Crippen LogP) is 7.63. The summed E-state index contributed by atoms with van der Waals surface area (Å²) in [5.41, 5.74) is 3.53. The summed E-state index contributed by atoms with van der Waals surface area (Å²) in [6.45, 7) is 0. The summed E-state index contributed by atoms with van der Waals surface area (Å²) >= 11 is 0. The number of hydrogen-bond donors (Lipinski definition) is 0. The van der Waals surface area contributed by atoms with E-state index < -0.39 is 0 Å². The van der Waals surface area contributed by atoms with E-state index in [1.807, 2.05) is 0 Å². The van der Waals surface area contributed by atoms with Gasteiger partial charge in [-0.1, -0.05) is 92.8 Å². The Bertz CT molecular complexity index is 782. The van der Waals surface area contributed by atoms with E-state index in [9.17, 15) is 0 Å². The minimum absolute atomic E-state index is 0.249. The SMILES string of the molecule is c1ccc(C2(c3ccccc3)C3CCCCC3C3CCC4CCCCC4C32)cc1. The van der Waals surface area contributed by atoms with Crippen molar-refractivity contribution >= 4 is 0 Å². The molecule has 4 saturated carbocycles. The van der Waals surface area contributed by atoms with E-state index in [1.54, 1.807) is 11.1 Å². The number of rotatable bonds is 2. The van der Waals surface area contributed by atoms with Crippen molar-refractivity contribution in [3.63, 3.8) is 0 Å². The third kappa shape index (κ3) is 2.63. The van der Waals surface area contributed by atoms with E-state index in [0.29, 0.717) is 0 Å². The average molecular weight is 385 g/mol. The van der Waals surface area contributed by atoms with Gasteiger partial charge in [0.1, 0.15) is 0 Å². The van der Waals surface area contributed by atoms with Gasteiger partial charge in [-0.15, -0.1) is 0 Å². The molecule has 0 heteroatoms. The Hall–Kier alpha value is -1.56. The van der Waals surface area contributed by atoms with Gasteiger partial charge in [-0.3, -0.25) is 0 Å². The molecule has 0 N–H and O–H groups in total. The maximum atomic E-state index is 2.49. The van der Waals surface area contributed by atoms with Crippen molar-refractivity contribution in [3.8, 4) is 0 Å². The number of hydrogen-bond acceptors (Lipinski definition) is 0. The van der Waals surface area contributed by atoms with Crippen molar-refractivity contribution in [1.82, 2.24) is 0 Å². The molecule has 6 atom stereocenters. The van der Waals surface area contributed by atoms with Crippen molar-refractivity contribution in [1.29, 1.82) is 0 Å². The van der Waals surface area contributed by atoms with Gasteiger partial charge in [0.2, 0.25) is 0 Å². The molecule has 0 nitrogen and oxygen atoms in total. The maximum Gasteiger partial charge on any atom is 0.0267 e. The smallest absolute Gasteiger partial charge is 0.0267 e. The average Bonchev–Trinajstić information content (AvgIpc) is 3.12. The van der Waals surface area contributed by atoms with Gasteiger partial charge in [-0.25, -0.2) is 0 Å². The summed E-state index contributed by atoms with van der Waals surface area (Å²) in [5, 5.41) is 0. The molecule has 152 valence electrons. The summed E-state index contributed by atoms with van der Waals surface area (Å²) in [7, 11) is 0. The van der Waals surface area contributed by atoms with Gasteiger partial charge in [0.15, 0.2) is 0 Å². The zero-order valence-electron chi connectivity index (χ0n) is 17.8. The third-order valence-electron chi connectivity index (χ3n) is 9.74. The van der Waals surface area contributed by atoms with E-state index >= 15 is 0 Å². The second kappa shape index (κ2) is 7.29. The monoisotopic (exact) mass is 384 g/mol. The fraction of sp³-hybridized carbons (Fsp3) is 0.586. The fourth-order valence-electron chi connectivity index (χ4n) is 9.02. The Labute approximate surface area is 177 Å². The lowest BCUT2D eigenvalue weighted by Crippen LogP contribution is -2.47. The first kappa shape index (κ1) is 18.2. The molecule has 4 aliphatic carbocycles. The Morgan fingerprint density at radius 1 is 0.517 bits per heavy atom. The van der Waals surface area contributed by atoms with Crippen LogP contribution in [-0.4, -0.2) is 0 Å². The van der Waals surface area contributed by atoms with Crippen LogP contribution in [0.15, 0.2) is 60.7 Å². The minimum atomic E-state index is 0.249. The van der Waals surface area contributed by atoms with Gasteiger partial charge < -0.3 is 0 Å². The van der Waals surface area contributed by atoms with Crippen LogP contribution in [0.2, 0.25) is 0 Å². The highest BCUT2D eigenvalue weighted by molar-refractivity contribution is 5.45. The zero-order valence-corrected chi connectivity index (χ0v) is 17.8. The Balaban J connectivity index is 1.60. The minimum Gasteiger partial charge on any atom is -0.0622 e. The molecule has 0 bridgehead atoms. The molecule has 4 aliphatic rings. The van der Waals surface area contributed by atoms with E-state index in [1.165, 1.54) is 64.2 Å². The van der Waals surface area contributed by atoms with Crippen LogP contribution in [-0.2, 0) is 5.41 Å². The normalized spacial score (nSPS) is 37.9. The standard InChI is InChI=1S/C29H36/c1-3-12-22(13-4-1)29(23-14-5-2-6-15-23)27-18-10-9-17-25(27)26-20-19-21-11-7-8-16-24(21)28(26)29/h1-6,12-15,21,24-28H,7-11,16-20H2. The molecule has 0 spiro atoms. The van der Waals surface area contributed by atoms with Crippen molar-refractivity contribution in [3.05, 3.63) is 71.8 Å². The van der Waals surface area contributed by atoms with Gasteiger partial charge in [0.25, 0.3) is 0 Å². The van der Waals surface area contributed by atoms with Gasteiger partial charge >= 0.3 is 0 Å². The molecule has 6 rings (SSSR count). The largest absolute Gasteiger partial charge is 0.0622 e. The molecule has 0 radical (unpaired) electrons. The first-order valence-electron chi connectivity index (χ1n) is 12.5. The van der Waals surface area contributed by atoms with E-state index in [0.717, 1.165) is 35.5 Å². The van der Waals surface area contributed by atoms with Crippen LogP contribution in [0.5, 0.6) is 0 Å². The molecule has 0 aromatic heterocycles. The Morgan fingerprint density at radius 3 is 1.79 bits per heavy atom. The highest BCUT2D eigenvalue weighted by atomic mass is 14.7. The van der Waals surface area contributed by atoms with Crippen LogP contribution in [0.25, 0.3) is 0 Å². The second-order valence-corrected chi connectivity index (χ2v) is 10.6. The van der Waals surface area contributed by atoms with Crippen molar-refractivity contribution in [2.45, 2.75) is 69.6 Å². The number of benzene rings is 2. The van der Waals surface area contributed by atoms with Gasteiger partial charge in [-0.05, 0) is 78.7 Å². The lowest BCUT2D eigenvalue weighted by molar-refractivity contribution is 0.0352. The highest BCUT2D eigenvalue weighted by Crippen LogP contribution is 2.69. The summed E-state index contributed by atoms with van der Waals surface area (Å²) in [6.07, 6.45) is 14.8. The molecular weight excluding hydrogens is 348 g/mol. The van der Waals surface area contributed by atoms with Crippen LogP contribution >= 0.6 is 0 Å². The molecule has 6 unspecified atom stereocenters.